The van der Waals surface area contributed by atoms with E-state index < -0.39 is 15.1 Å². The van der Waals surface area contributed by atoms with Gasteiger partial charge in [0.05, 0.1) is 11.2 Å². The van der Waals surface area contributed by atoms with Crippen LogP contribution in [-0.2, 0) is 14.6 Å². The fourth-order valence-electron chi connectivity index (χ4n) is 2.89. The van der Waals surface area contributed by atoms with Gasteiger partial charge in [-0.1, -0.05) is 0 Å². The van der Waals surface area contributed by atoms with Crippen LogP contribution in [0, 0.1) is 5.92 Å². The molecular weight excluding hydrogens is 358 g/mol. The largest absolute Gasteiger partial charge is 0.486 e. The molecule has 0 bridgehead atoms. The van der Waals surface area contributed by atoms with Gasteiger partial charge < -0.3 is 19.2 Å². The zero-order valence-corrected chi connectivity index (χ0v) is 14.8. The molecule has 2 heterocycles. The fourth-order valence-corrected chi connectivity index (χ4v) is 4.49. The third kappa shape index (κ3) is 3.29. The molecule has 138 valence electrons. The lowest BCUT2D eigenvalue weighted by molar-refractivity contribution is -0.122. The van der Waals surface area contributed by atoms with Crippen molar-refractivity contribution in [3.8, 4) is 11.5 Å². The SMILES string of the molecule is O=C(NC[C@@H](c1ccco1)S(=O)(=O)c1ccc2c(c1)OCCO2)C1CC1. The molecule has 0 radical (unpaired) electrons. The summed E-state index contributed by atoms with van der Waals surface area (Å²) in [6, 6.07) is 7.77. The topological polar surface area (TPSA) is 94.8 Å². The number of fused-ring (bicyclic) bond motifs is 1. The number of rotatable bonds is 6. The van der Waals surface area contributed by atoms with Gasteiger partial charge in [0, 0.05) is 18.5 Å². The monoisotopic (exact) mass is 377 g/mol. The standard InChI is InChI=1S/C18H19NO6S/c20-18(12-3-4-12)19-11-17(15-2-1-7-23-15)26(21,22)13-5-6-14-16(10-13)25-9-8-24-14/h1-2,5-7,10,12,17H,3-4,8-9,11H2,(H,19,20)/t17-/m0/s1. The van der Waals surface area contributed by atoms with Crippen molar-refractivity contribution in [2.24, 2.45) is 5.92 Å². The Morgan fingerprint density at radius 3 is 2.62 bits per heavy atom. The molecule has 7 nitrogen and oxygen atoms in total. The minimum atomic E-state index is -3.80. The minimum absolute atomic E-state index is 0.00393. The van der Waals surface area contributed by atoms with E-state index in [4.69, 9.17) is 13.9 Å². The lowest BCUT2D eigenvalue weighted by Crippen LogP contribution is -2.32. The first-order valence-electron chi connectivity index (χ1n) is 8.50. The number of nitrogens with one attached hydrogen (secondary N) is 1. The molecule has 2 aliphatic rings. The Hall–Kier alpha value is -2.48. The molecule has 8 heteroatoms. The van der Waals surface area contributed by atoms with Crippen LogP contribution >= 0.6 is 0 Å². The maximum atomic E-state index is 13.2. The fraction of sp³-hybridized carbons (Fsp3) is 0.389. The van der Waals surface area contributed by atoms with Crippen molar-refractivity contribution in [3.63, 3.8) is 0 Å². The van der Waals surface area contributed by atoms with Crippen LogP contribution in [0.5, 0.6) is 11.5 Å². The highest BCUT2D eigenvalue weighted by molar-refractivity contribution is 7.91. The Labute approximate surface area is 151 Å². The number of hydrogen-bond donors (Lipinski definition) is 1. The van der Waals surface area contributed by atoms with Crippen LogP contribution in [0.15, 0.2) is 45.9 Å². The second-order valence-corrected chi connectivity index (χ2v) is 8.50. The first kappa shape index (κ1) is 17.0. The average molecular weight is 377 g/mol. The third-order valence-electron chi connectivity index (χ3n) is 4.49. The van der Waals surface area contributed by atoms with Gasteiger partial charge in [-0.15, -0.1) is 0 Å². The summed E-state index contributed by atoms with van der Waals surface area (Å²) in [5.41, 5.74) is 0. The average Bonchev–Trinajstić information content (AvgIpc) is 3.37. The summed E-state index contributed by atoms with van der Waals surface area (Å²) in [7, 11) is -3.80. The minimum Gasteiger partial charge on any atom is -0.486 e. The first-order chi connectivity index (χ1) is 12.6. The van der Waals surface area contributed by atoms with Crippen LogP contribution in [0.3, 0.4) is 0 Å². The maximum Gasteiger partial charge on any atom is 0.223 e. The van der Waals surface area contributed by atoms with E-state index in [9.17, 15) is 13.2 Å². The smallest absolute Gasteiger partial charge is 0.223 e. The van der Waals surface area contributed by atoms with Crippen LogP contribution in [0.2, 0.25) is 0 Å². The molecule has 0 spiro atoms. The number of sulfone groups is 1. The molecule has 1 fully saturated rings. The predicted molar refractivity (Wildman–Crippen MR) is 91.8 cm³/mol. The first-order valence-corrected chi connectivity index (χ1v) is 10.0. The van der Waals surface area contributed by atoms with E-state index in [0.717, 1.165) is 12.8 Å². The van der Waals surface area contributed by atoms with Gasteiger partial charge in [-0.05, 0) is 37.1 Å². The predicted octanol–water partition coefficient (Wildman–Crippen LogP) is 2.09. The summed E-state index contributed by atoms with van der Waals surface area (Å²) in [6.07, 6.45) is 3.13. The molecule has 1 aliphatic heterocycles. The summed E-state index contributed by atoms with van der Waals surface area (Å²) in [5.74, 6) is 1.10. The van der Waals surface area contributed by atoms with Crippen molar-refractivity contribution < 1.29 is 27.1 Å². The summed E-state index contributed by atoms with van der Waals surface area (Å²) in [6.45, 7) is 0.760. The molecule has 1 atom stereocenters. The van der Waals surface area contributed by atoms with Crippen LogP contribution in [0.25, 0.3) is 0 Å². The molecule has 0 saturated heterocycles. The Morgan fingerprint density at radius 1 is 1.15 bits per heavy atom. The number of ether oxygens (including phenoxy) is 2. The van der Waals surface area contributed by atoms with Gasteiger partial charge in [0.2, 0.25) is 5.91 Å². The summed E-state index contributed by atoms with van der Waals surface area (Å²) in [4.78, 5) is 12.1. The van der Waals surface area contributed by atoms with Gasteiger partial charge in [-0.3, -0.25) is 4.79 Å². The zero-order valence-electron chi connectivity index (χ0n) is 14.0. The van der Waals surface area contributed by atoms with Crippen molar-refractivity contribution in [3.05, 3.63) is 42.4 Å². The number of benzene rings is 1. The molecular formula is C18H19NO6S. The summed E-state index contributed by atoms with van der Waals surface area (Å²) < 4.78 is 42.7. The van der Waals surface area contributed by atoms with Gasteiger partial charge in [0.15, 0.2) is 21.3 Å². The molecule has 1 saturated carbocycles. The quantitative estimate of drug-likeness (QED) is 0.828. The normalized spacial score (nSPS) is 17.5. The molecule has 1 aromatic carbocycles. The van der Waals surface area contributed by atoms with Crippen molar-refractivity contribution in [1.82, 2.24) is 5.32 Å². The van der Waals surface area contributed by atoms with Gasteiger partial charge in [-0.2, -0.15) is 0 Å². The van der Waals surface area contributed by atoms with Crippen LogP contribution in [-0.4, -0.2) is 34.1 Å². The number of carbonyl (C=O) groups excluding carboxylic acids is 1. The van der Waals surface area contributed by atoms with E-state index in [0.29, 0.717) is 24.7 Å². The lowest BCUT2D eigenvalue weighted by Gasteiger charge is -2.21. The second-order valence-electron chi connectivity index (χ2n) is 6.37. The Bertz CT molecular complexity index is 902. The summed E-state index contributed by atoms with van der Waals surface area (Å²) in [5, 5.41) is 1.73. The lowest BCUT2D eigenvalue weighted by atomic mass is 10.3. The highest BCUT2D eigenvalue weighted by Gasteiger charge is 2.35. The van der Waals surface area contributed by atoms with E-state index in [-0.39, 0.29) is 29.0 Å². The zero-order chi connectivity index (χ0) is 18.1. The number of amides is 1. The molecule has 1 amide bonds. The highest BCUT2D eigenvalue weighted by Crippen LogP contribution is 2.36. The molecule has 4 rings (SSSR count). The van der Waals surface area contributed by atoms with Gasteiger partial charge in [0.1, 0.15) is 24.2 Å². The Kier molecular flexibility index (Phi) is 4.36. The highest BCUT2D eigenvalue weighted by atomic mass is 32.2. The van der Waals surface area contributed by atoms with Crippen molar-refractivity contribution in [1.29, 1.82) is 0 Å². The van der Waals surface area contributed by atoms with Crippen molar-refractivity contribution in [2.45, 2.75) is 23.0 Å². The molecule has 1 aromatic heterocycles. The number of carbonyl (C=O) groups is 1. The second kappa shape index (κ2) is 6.68. The number of hydrogen-bond acceptors (Lipinski definition) is 6. The van der Waals surface area contributed by atoms with Gasteiger partial charge in [-0.25, -0.2) is 8.42 Å². The number of furan rings is 1. The molecule has 0 unspecified atom stereocenters. The van der Waals surface area contributed by atoms with Crippen LogP contribution in [0.1, 0.15) is 23.9 Å². The van der Waals surface area contributed by atoms with E-state index in [1.54, 1.807) is 18.2 Å². The van der Waals surface area contributed by atoms with E-state index in [1.807, 2.05) is 0 Å². The van der Waals surface area contributed by atoms with Crippen molar-refractivity contribution >= 4 is 15.7 Å². The van der Waals surface area contributed by atoms with E-state index >= 15 is 0 Å². The van der Waals surface area contributed by atoms with E-state index in [1.165, 1.54) is 18.4 Å². The van der Waals surface area contributed by atoms with Gasteiger partial charge in [0.25, 0.3) is 0 Å². The Morgan fingerprint density at radius 2 is 1.92 bits per heavy atom. The van der Waals surface area contributed by atoms with Crippen LogP contribution in [0.4, 0.5) is 0 Å². The van der Waals surface area contributed by atoms with Gasteiger partial charge >= 0.3 is 0 Å². The summed E-state index contributed by atoms with van der Waals surface area (Å²) >= 11 is 0. The maximum absolute atomic E-state index is 13.2. The van der Waals surface area contributed by atoms with E-state index in [2.05, 4.69) is 5.32 Å². The van der Waals surface area contributed by atoms with Crippen LogP contribution < -0.4 is 14.8 Å². The molecule has 26 heavy (non-hydrogen) atoms. The molecule has 1 aliphatic carbocycles. The molecule has 1 N–H and O–H groups in total. The van der Waals surface area contributed by atoms with Crippen molar-refractivity contribution in [2.75, 3.05) is 19.8 Å². The Balaban J connectivity index is 1.63. The third-order valence-corrected chi connectivity index (χ3v) is 6.55. The molecule has 2 aromatic rings.